The van der Waals surface area contributed by atoms with Crippen LogP contribution in [0.25, 0.3) is 0 Å². The predicted octanol–water partition coefficient (Wildman–Crippen LogP) is 1.81. The molecule has 21 heavy (non-hydrogen) atoms. The van der Waals surface area contributed by atoms with Gasteiger partial charge in [-0.05, 0) is 31.7 Å². The molecule has 0 aliphatic heterocycles. The van der Waals surface area contributed by atoms with Crippen molar-refractivity contribution in [2.75, 3.05) is 11.3 Å². The minimum Gasteiger partial charge on any atom is -0.349 e. The molecule has 7 heteroatoms. The van der Waals surface area contributed by atoms with E-state index in [9.17, 15) is 8.42 Å². The molecule has 0 aliphatic rings. The van der Waals surface area contributed by atoms with Crippen LogP contribution >= 0.6 is 0 Å². The summed E-state index contributed by atoms with van der Waals surface area (Å²) in [6, 6.07) is 4.94. The molecule has 2 rings (SSSR count). The molecule has 0 amide bonds. The van der Waals surface area contributed by atoms with Crippen molar-refractivity contribution in [1.82, 2.24) is 14.9 Å². The lowest BCUT2D eigenvalue weighted by Gasteiger charge is -2.05. The summed E-state index contributed by atoms with van der Waals surface area (Å²) in [4.78, 5) is 4.14. The molecule has 0 bridgehead atoms. The lowest BCUT2D eigenvalue weighted by Crippen LogP contribution is -2.14. The number of nitrogens with zero attached hydrogens (tertiary/aromatic N) is 2. The zero-order valence-corrected chi connectivity index (χ0v) is 13.0. The van der Waals surface area contributed by atoms with Crippen LogP contribution in [0.15, 0.2) is 41.7 Å². The second-order valence-corrected chi connectivity index (χ2v) is 6.26. The van der Waals surface area contributed by atoms with E-state index < -0.39 is 10.0 Å². The number of nitrogens with one attached hydrogen (secondary N) is 2. The average molecular weight is 308 g/mol. The zero-order chi connectivity index (χ0) is 15.3. The SMILES string of the molecule is CCNCc1cc(S(=O)(=O)Nc2ccncc2)cn1CC. The highest BCUT2D eigenvalue weighted by Gasteiger charge is 2.18. The molecule has 0 saturated heterocycles. The van der Waals surface area contributed by atoms with Crippen LogP contribution < -0.4 is 10.0 Å². The van der Waals surface area contributed by atoms with Gasteiger partial charge in [-0.25, -0.2) is 8.42 Å². The van der Waals surface area contributed by atoms with Crippen molar-refractivity contribution in [3.63, 3.8) is 0 Å². The van der Waals surface area contributed by atoms with Crippen LogP contribution in [0.3, 0.4) is 0 Å². The van der Waals surface area contributed by atoms with Crippen LogP contribution in [0.5, 0.6) is 0 Å². The van der Waals surface area contributed by atoms with Crippen molar-refractivity contribution in [2.45, 2.75) is 31.8 Å². The summed E-state index contributed by atoms with van der Waals surface area (Å²) in [6.07, 6.45) is 4.76. The Bertz CT molecular complexity index is 680. The summed E-state index contributed by atoms with van der Waals surface area (Å²) in [7, 11) is -3.58. The molecule has 2 aromatic heterocycles. The Morgan fingerprint density at radius 3 is 2.57 bits per heavy atom. The highest BCUT2D eigenvalue weighted by Crippen LogP contribution is 2.18. The number of hydrogen-bond acceptors (Lipinski definition) is 4. The smallest absolute Gasteiger partial charge is 0.263 e. The van der Waals surface area contributed by atoms with Gasteiger partial charge in [0.05, 0.1) is 5.69 Å². The number of sulfonamides is 1. The van der Waals surface area contributed by atoms with Gasteiger partial charge >= 0.3 is 0 Å². The maximum Gasteiger partial charge on any atom is 0.263 e. The minimum atomic E-state index is -3.58. The summed E-state index contributed by atoms with van der Waals surface area (Å²) < 4.78 is 29.3. The number of aryl methyl sites for hydroxylation is 1. The third kappa shape index (κ3) is 3.83. The van der Waals surface area contributed by atoms with E-state index in [0.717, 1.165) is 18.8 Å². The molecule has 0 saturated carbocycles. The van der Waals surface area contributed by atoms with Gasteiger partial charge in [0.15, 0.2) is 0 Å². The molecule has 114 valence electrons. The van der Waals surface area contributed by atoms with Crippen molar-refractivity contribution < 1.29 is 8.42 Å². The highest BCUT2D eigenvalue weighted by atomic mass is 32.2. The maximum absolute atomic E-state index is 12.4. The van der Waals surface area contributed by atoms with Crippen molar-refractivity contribution in [3.8, 4) is 0 Å². The number of hydrogen-bond donors (Lipinski definition) is 2. The monoisotopic (exact) mass is 308 g/mol. The number of rotatable bonds is 7. The van der Waals surface area contributed by atoms with Crippen LogP contribution in [0, 0.1) is 0 Å². The van der Waals surface area contributed by atoms with Gasteiger partial charge in [-0.15, -0.1) is 0 Å². The first-order valence-corrected chi connectivity index (χ1v) is 8.37. The second kappa shape index (κ2) is 6.73. The highest BCUT2D eigenvalue weighted by molar-refractivity contribution is 7.92. The topological polar surface area (TPSA) is 76.0 Å². The van der Waals surface area contributed by atoms with E-state index in [2.05, 4.69) is 15.0 Å². The molecule has 0 fully saturated rings. The van der Waals surface area contributed by atoms with Gasteiger partial charge in [0.1, 0.15) is 4.90 Å². The first kappa shape index (κ1) is 15.5. The molecular weight excluding hydrogens is 288 g/mol. The van der Waals surface area contributed by atoms with E-state index in [1.165, 1.54) is 0 Å². The van der Waals surface area contributed by atoms with Crippen LogP contribution in [0.1, 0.15) is 19.5 Å². The molecule has 0 aromatic carbocycles. The summed E-state index contributed by atoms with van der Waals surface area (Å²) in [6.45, 7) is 6.22. The van der Waals surface area contributed by atoms with Crippen molar-refractivity contribution in [3.05, 3.63) is 42.5 Å². The van der Waals surface area contributed by atoms with Crippen molar-refractivity contribution in [2.24, 2.45) is 0 Å². The molecule has 0 spiro atoms. The van der Waals surface area contributed by atoms with Gasteiger partial charge in [-0.1, -0.05) is 6.92 Å². The Balaban J connectivity index is 2.25. The molecule has 0 atom stereocenters. The van der Waals surface area contributed by atoms with Crippen LogP contribution in [0.2, 0.25) is 0 Å². The van der Waals surface area contributed by atoms with Gasteiger partial charge in [-0.2, -0.15) is 0 Å². The lowest BCUT2D eigenvalue weighted by molar-refractivity contribution is 0.600. The van der Waals surface area contributed by atoms with E-state index in [-0.39, 0.29) is 4.90 Å². The lowest BCUT2D eigenvalue weighted by atomic mass is 10.4. The Morgan fingerprint density at radius 1 is 1.24 bits per heavy atom. The minimum absolute atomic E-state index is 0.272. The van der Waals surface area contributed by atoms with E-state index >= 15 is 0 Å². The molecule has 2 heterocycles. The van der Waals surface area contributed by atoms with E-state index in [4.69, 9.17) is 0 Å². The predicted molar refractivity (Wildman–Crippen MR) is 82.5 cm³/mol. The molecule has 2 aromatic rings. The first-order valence-electron chi connectivity index (χ1n) is 6.89. The summed E-state index contributed by atoms with van der Waals surface area (Å²) in [5, 5.41) is 3.21. The fraction of sp³-hybridized carbons (Fsp3) is 0.357. The van der Waals surface area contributed by atoms with E-state index in [1.807, 2.05) is 18.4 Å². The standard InChI is InChI=1S/C14H20N4O2S/c1-3-15-10-13-9-14(11-18(13)4-2)21(19,20)17-12-5-7-16-8-6-12/h5-9,11,15H,3-4,10H2,1-2H3,(H,16,17). The van der Waals surface area contributed by atoms with E-state index in [0.29, 0.717) is 12.2 Å². The third-order valence-corrected chi connectivity index (χ3v) is 4.45. The normalized spacial score (nSPS) is 11.5. The van der Waals surface area contributed by atoms with Crippen LogP contribution in [0.4, 0.5) is 5.69 Å². The summed E-state index contributed by atoms with van der Waals surface area (Å²) >= 11 is 0. The molecular formula is C14H20N4O2S. The van der Waals surface area contributed by atoms with Gasteiger partial charge in [0, 0.05) is 37.4 Å². The summed E-state index contributed by atoms with van der Waals surface area (Å²) in [5.74, 6) is 0. The fourth-order valence-corrected chi connectivity index (χ4v) is 3.12. The van der Waals surface area contributed by atoms with Crippen molar-refractivity contribution >= 4 is 15.7 Å². The maximum atomic E-state index is 12.4. The molecule has 0 aliphatic carbocycles. The largest absolute Gasteiger partial charge is 0.349 e. The Morgan fingerprint density at radius 2 is 1.95 bits per heavy atom. The first-order chi connectivity index (χ1) is 10.1. The third-order valence-electron chi connectivity index (χ3n) is 3.10. The van der Waals surface area contributed by atoms with Gasteiger partial charge in [0.25, 0.3) is 10.0 Å². The fourth-order valence-electron chi connectivity index (χ4n) is 2.00. The molecule has 0 unspecified atom stereocenters. The van der Waals surface area contributed by atoms with Gasteiger partial charge in [0.2, 0.25) is 0 Å². The number of aromatic nitrogens is 2. The second-order valence-electron chi connectivity index (χ2n) is 4.57. The molecule has 2 N–H and O–H groups in total. The Labute approximate surface area is 125 Å². The number of pyridine rings is 1. The van der Waals surface area contributed by atoms with Gasteiger partial charge in [-0.3, -0.25) is 9.71 Å². The van der Waals surface area contributed by atoms with Crippen molar-refractivity contribution in [1.29, 1.82) is 0 Å². The van der Waals surface area contributed by atoms with Crippen LogP contribution in [-0.4, -0.2) is 24.5 Å². The Hall–Kier alpha value is -1.86. The Kier molecular flexibility index (Phi) is 4.98. The molecule has 6 nitrogen and oxygen atoms in total. The zero-order valence-electron chi connectivity index (χ0n) is 12.2. The average Bonchev–Trinajstić information content (AvgIpc) is 2.90. The van der Waals surface area contributed by atoms with Crippen LogP contribution in [-0.2, 0) is 23.1 Å². The molecule has 0 radical (unpaired) electrons. The van der Waals surface area contributed by atoms with E-state index in [1.54, 1.807) is 36.8 Å². The number of anilines is 1. The van der Waals surface area contributed by atoms with Gasteiger partial charge < -0.3 is 9.88 Å². The summed E-state index contributed by atoms with van der Waals surface area (Å²) in [5.41, 5.74) is 1.46. The quantitative estimate of drug-likeness (QED) is 0.818.